The van der Waals surface area contributed by atoms with Crippen LogP contribution in [-0.2, 0) is 0 Å². The van der Waals surface area contributed by atoms with Gasteiger partial charge in [-0.3, -0.25) is 4.98 Å². The van der Waals surface area contributed by atoms with E-state index in [2.05, 4.69) is 78.6 Å². The highest BCUT2D eigenvalue weighted by Crippen LogP contribution is 2.30. The molecule has 0 unspecified atom stereocenters. The predicted octanol–water partition coefficient (Wildman–Crippen LogP) is 5.05. The fourth-order valence-electron chi connectivity index (χ4n) is 4.85. The van der Waals surface area contributed by atoms with E-state index >= 15 is 0 Å². The maximum atomic E-state index is 6.05. The Balaban J connectivity index is 1.42. The van der Waals surface area contributed by atoms with Gasteiger partial charge in [0.25, 0.3) is 6.71 Å². The molecule has 0 atom stereocenters. The number of hydrogen-bond acceptors (Lipinski definition) is 3. The van der Waals surface area contributed by atoms with Crippen LogP contribution in [-0.4, -0.2) is 16.7 Å². The second kappa shape index (κ2) is 8.31. The summed E-state index contributed by atoms with van der Waals surface area (Å²) in [5.41, 5.74) is 10.9. The number of rotatable bonds is 4. The number of aryl methyl sites for hydroxylation is 2. The molecule has 0 spiro atoms. The van der Waals surface area contributed by atoms with Gasteiger partial charge in [-0.15, -0.1) is 0 Å². The van der Waals surface area contributed by atoms with E-state index in [9.17, 15) is 0 Å². The van der Waals surface area contributed by atoms with E-state index < -0.39 is 0 Å². The summed E-state index contributed by atoms with van der Waals surface area (Å²) in [6.07, 6.45) is 3.68. The molecule has 34 heavy (non-hydrogen) atoms. The van der Waals surface area contributed by atoms with Crippen molar-refractivity contribution in [2.45, 2.75) is 13.8 Å². The molecule has 5 aromatic rings. The highest BCUT2D eigenvalue weighted by atomic mass is 16.5. The quantitative estimate of drug-likeness (QED) is 0.362. The maximum Gasteiger partial charge on any atom is 0.266 e. The number of fused-ring (bicyclic) bond motifs is 3. The first-order valence-electron chi connectivity index (χ1n) is 11.5. The van der Waals surface area contributed by atoms with Gasteiger partial charge in [-0.25, -0.2) is 4.98 Å². The monoisotopic (exact) mass is 438 g/mol. The minimum absolute atomic E-state index is 0.127. The third-order valence-corrected chi connectivity index (χ3v) is 6.44. The molecule has 1 aliphatic rings. The number of ether oxygens (including phenoxy) is 1. The van der Waals surface area contributed by atoms with Crippen molar-refractivity contribution >= 4 is 23.2 Å². The smallest absolute Gasteiger partial charge is 0.266 e. The summed E-state index contributed by atoms with van der Waals surface area (Å²) in [7, 11) is 0. The molecular weight excluding hydrogens is 415 g/mol. The van der Waals surface area contributed by atoms with E-state index in [-0.39, 0.29) is 6.71 Å². The van der Waals surface area contributed by atoms with Gasteiger partial charge in [0.2, 0.25) is 5.88 Å². The summed E-state index contributed by atoms with van der Waals surface area (Å²) in [4.78, 5) is 9.09. The lowest BCUT2D eigenvalue weighted by Gasteiger charge is -2.12. The molecule has 0 aliphatic carbocycles. The van der Waals surface area contributed by atoms with Crippen molar-refractivity contribution in [2.75, 3.05) is 0 Å². The Bertz CT molecular complexity index is 1530. The normalized spacial score (nSPS) is 11.8. The highest BCUT2D eigenvalue weighted by Gasteiger charge is 2.34. The number of benzene rings is 3. The number of hydrogen-bond donors (Lipinski definition) is 0. The first-order valence-corrected chi connectivity index (χ1v) is 11.5. The lowest BCUT2D eigenvalue weighted by molar-refractivity contribution is 0.462. The maximum absolute atomic E-state index is 6.05. The van der Waals surface area contributed by atoms with E-state index in [1.165, 1.54) is 27.6 Å². The molecular formula is C30H23BN2O. The zero-order chi connectivity index (χ0) is 23.1. The van der Waals surface area contributed by atoms with Crippen LogP contribution >= 0.6 is 0 Å². The zero-order valence-electron chi connectivity index (χ0n) is 19.2. The number of pyridine rings is 2. The van der Waals surface area contributed by atoms with Gasteiger partial charge in [0, 0.05) is 24.1 Å². The first-order chi connectivity index (χ1) is 16.7. The molecule has 0 N–H and O–H groups in total. The Hall–Kier alpha value is -4.18. The Kier molecular flexibility index (Phi) is 4.99. The van der Waals surface area contributed by atoms with Crippen molar-refractivity contribution in [1.82, 2.24) is 9.97 Å². The second-order valence-corrected chi connectivity index (χ2v) is 8.88. The summed E-state index contributed by atoms with van der Waals surface area (Å²) in [5, 5.41) is 0. The molecule has 3 heterocycles. The molecule has 0 radical (unpaired) electrons. The number of nitrogens with zero attached hydrogens (tertiary/aromatic N) is 2. The Labute approximate surface area is 200 Å². The third kappa shape index (κ3) is 3.67. The van der Waals surface area contributed by atoms with Crippen molar-refractivity contribution < 1.29 is 4.74 Å². The predicted molar refractivity (Wildman–Crippen MR) is 140 cm³/mol. The van der Waals surface area contributed by atoms with E-state index in [0.29, 0.717) is 5.88 Å². The molecule has 2 aromatic heterocycles. The Morgan fingerprint density at radius 2 is 1.38 bits per heavy atom. The summed E-state index contributed by atoms with van der Waals surface area (Å²) < 4.78 is 6.05. The Morgan fingerprint density at radius 3 is 2.24 bits per heavy atom. The van der Waals surface area contributed by atoms with E-state index in [1.54, 1.807) is 6.20 Å². The van der Waals surface area contributed by atoms with E-state index in [1.807, 2.05) is 37.4 Å². The van der Waals surface area contributed by atoms with Crippen molar-refractivity contribution in [3.8, 4) is 33.9 Å². The molecule has 3 nitrogen and oxygen atoms in total. The first kappa shape index (κ1) is 20.4. The molecule has 0 amide bonds. The molecule has 6 rings (SSSR count). The standard InChI is InChI=1S/C30H23BN2O/c1-20-12-14-32-29(16-20)31-27-9-4-3-8-25(27)26-11-10-23(19-28(26)31)22-6-5-7-24(18-22)34-30-17-21(2)13-15-33-30/h3-19H,1-2H3. The van der Waals surface area contributed by atoms with Gasteiger partial charge in [-0.1, -0.05) is 65.5 Å². The van der Waals surface area contributed by atoms with E-state index in [4.69, 9.17) is 9.72 Å². The van der Waals surface area contributed by atoms with Crippen LogP contribution in [0.4, 0.5) is 0 Å². The van der Waals surface area contributed by atoms with Crippen LogP contribution in [0, 0.1) is 13.8 Å². The molecule has 0 saturated carbocycles. The van der Waals surface area contributed by atoms with Crippen molar-refractivity contribution in [3.63, 3.8) is 0 Å². The van der Waals surface area contributed by atoms with Crippen molar-refractivity contribution in [3.05, 3.63) is 115 Å². The molecule has 0 fully saturated rings. The van der Waals surface area contributed by atoms with Gasteiger partial charge in [-0.2, -0.15) is 0 Å². The highest BCUT2D eigenvalue weighted by molar-refractivity contribution is 6.98. The number of aromatic nitrogens is 2. The Morgan fingerprint density at radius 1 is 0.618 bits per heavy atom. The molecule has 3 aromatic carbocycles. The van der Waals surface area contributed by atoms with Crippen LogP contribution in [0.1, 0.15) is 11.1 Å². The largest absolute Gasteiger partial charge is 0.439 e. The van der Waals surface area contributed by atoms with Gasteiger partial charge < -0.3 is 4.74 Å². The van der Waals surface area contributed by atoms with Gasteiger partial charge in [0.05, 0.1) is 0 Å². The molecule has 4 heteroatoms. The van der Waals surface area contributed by atoms with Crippen LogP contribution < -0.4 is 21.3 Å². The van der Waals surface area contributed by atoms with Crippen LogP contribution in [0.2, 0.25) is 0 Å². The molecule has 0 saturated heterocycles. The topological polar surface area (TPSA) is 35.0 Å². The van der Waals surface area contributed by atoms with Crippen molar-refractivity contribution in [2.24, 2.45) is 0 Å². The molecule has 0 bridgehead atoms. The van der Waals surface area contributed by atoms with Crippen LogP contribution in [0.15, 0.2) is 103 Å². The van der Waals surface area contributed by atoms with Crippen LogP contribution in [0.5, 0.6) is 11.6 Å². The van der Waals surface area contributed by atoms with Crippen molar-refractivity contribution in [1.29, 1.82) is 0 Å². The summed E-state index contributed by atoms with van der Waals surface area (Å²) >= 11 is 0. The average molecular weight is 438 g/mol. The minimum Gasteiger partial charge on any atom is -0.439 e. The molecule has 1 aliphatic heterocycles. The average Bonchev–Trinajstić information content (AvgIpc) is 3.18. The second-order valence-electron chi connectivity index (χ2n) is 8.88. The fourth-order valence-corrected chi connectivity index (χ4v) is 4.85. The van der Waals surface area contributed by atoms with Crippen LogP contribution in [0.25, 0.3) is 22.3 Å². The van der Waals surface area contributed by atoms with Gasteiger partial charge >= 0.3 is 0 Å². The summed E-state index contributed by atoms with van der Waals surface area (Å²) in [6.45, 7) is 4.28. The minimum atomic E-state index is 0.127. The van der Waals surface area contributed by atoms with Gasteiger partial charge in [0.1, 0.15) is 5.75 Å². The zero-order valence-corrected chi connectivity index (χ0v) is 19.2. The van der Waals surface area contributed by atoms with E-state index in [0.717, 1.165) is 28.0 Å². The molecule has 162 valence electrons. The summed E-state index contributed by atoms with van der Waals surface area (Å²) in [5.74, 6) is 1.38. The van der Waals surface area contributed by atoms with Gasteiger partial charge in [-0.05, 0) is 77.6 Å². The summed E-state index contributed by atoms with van der Waals surface area (Å²) in [6, 6.07) is 31.8. The fraction of sp³-hybridized carbons (Fsp3) is 0.0667. The third-order valence-electron chi connectivity index (χ3n) is 6.44. The SMILES string of the molecule is Cc1ccnc(Oc2cccc(-c3ccc4c(c3)B(c3cc(C)ccn3)c3ccccc3-4)c2)c1. The lowest BCUT2D eigenvalue weighted by Crippen LogP contribution is -2.50. The van der Waals surface area contributed by atoms with Gasteiger partial charge in [0.15, 0.2) is 0 Å². The lowest BCUT2D eigenvalue weighted by atomic mass is 9.40. The van der Waals surface area contributed by atoms with Crippen LogP contribution in [0.3, 0.4) is 0 Å².